The van der Waals surface area contributed by atoms with Gasteiger partial charge in [0.15, 0.2) is 0 Å². The van der Waals surface area contributed by atoms with Gasteiger partial charge in [-0.15, -0.1) is 0 Å². The maximum absolute atomic E-state index is 5.10. The molecule has 0 amide bonds. The standard InChI is InChI=1S/C13H13BrN2O/c1-17-11-6-4-10(5-7-11)16-9-13-12(14)3-2-8-15-13/h2-8,16H,9H2,1H3. The highest BCUT2D eigenvalue weighted by atomic mass is 79.9. The van der Waals surface area contributed by atoms with Crippen LogP contribution in [0.25, 0.3) is 0 Å². The van der Waals surface area contributed by atoms with Gasteiger partial charge in [-0.1, -0.05) is 0 Å². The molecule has 0 saturated heterocycles. The van der Waals surface area contributed by atoms with Crippen molar-refractivity contribution in [2.45, 2.75) is 6.54 Å². The van der Waals surface area contributed by atoms with Crippen LogP contribution in [0, 0.1) is 0 Å². The summed E-state index contributed by atoms with van der Waals surface area (Å²) in [4.78, 5) is 4.29. The van der Waals surface area contributed by atoms with E-state index in [2.05, 4.69) is 26.2 Å². The first-order valence-electron chi connectivity index (χ1n) is 5.27. The normalized spacial score (nSPS) is 10.0. The van der Waals surface area contributed by atoms with Crippen LogP contribution in [0.3, 0.4) is 0 Å². The molecule has 0 atom stereocenters. The lowest BCUT2D eigenvalue weighted by atomic mass is 10.3. The molecular formula is C13H13BrN2O. The number of halogens is 1. The van der Waals surface area contributed by atoms with Crippen LogP contribution < -0.4 is 10.1 Å². The van der Waals surface area contributed by atoms with Crippen molar-refractivity contribution in [2.24, 2.45) is 0 Å². The van der Waals surface area contributed by atoms with Crippen LogP contribution >= 0.6 is 15.9 Å². The summed E-state index contributed by atoms with van der Waals surface area (Å²) in [5.41, 5.74) is 2.03. The zero-order chi connectivity index (χ0) is 12.1. The first-order valence-corrected chi connectivity index (χ1v) is 6.06. The molecule has 0 aliphatic heterocycles. The Bertz CT molecular complexity index is 485. The van der Waals surface area contributed by atoms with Crippen LogP contribution in [0.15, 0.2) is 47.1 Å². The van der Waals surface area contributed by atoms with Crippen molar-refractivity contribution >= 4 is 21.6 Å². The van der Waals surface area contributed by atoms with Gasteiger partial charge in [-0.05, 0) is 52.3 Å². The van der Waals surface area contributed by atoms with Gasteiger partial charge in [-0.2, -0.15) is 0 Å². The number of rotatable bonds is 4. The summed E-state index contributed by atoms with van der Waals surface area (Å²) >= 11 is 3.47. The van der Waals surface area contributed by atoms with Crippen LogP contribution in [-0.4, -0.2) is 12.1 Å². The van der Waals surface area contributed by atoms with Crippen molar-refractivity contribution in [1.29, 1.82) is 0 Å². The summed E-state index contributed by atoms with van der Waals surface area (Å²) in [5.74, 6) is 0.856. The van der Waals surface area contributed by atoms with E-state index in [4.69, 9.17) is 4.74 Å². The second kappa shape index (κ2) is 5.68. The van der Waals surface area contributed by atoms with E-state index in [-0.39, 0.29) is 0 Å². The number of hydrogen-bond donors (Lipinski definition) is 1. The fourth-order valence-electron chi connectivity index (χ4n) is 1.44. The van der Waals surface area contributed by atoms with Crippen LogP contribution in [0.4, 0.5) is 5.69 Å². The highest BCUT2D eigenvalue weighted by Gasteiger charge is 2.00. The lowest BCUT2D eigenvalue weighted by Gasteiger charge is -2.07. The molecule has 0 saturated carbocycles. The van der Waals surface area contributed by atoms with E-state index in [0.29, 0.717) is 6.54 Å². The Morgan fingerprint density at radius 2 is 2.00 bits per heavy atom. The van der Waals surface area contributed by atoms with Crippen molar-refractivity contribution in [2.75, 3.05) is 12.4 Å². The summed E-state index contributed by atoms with van der Waals surface area (Å²) in [6, 6.07) is 11.7. The summed E-state index contributed by atoms with van der Waals surface area (Å²) in [5, 5.41) is 3.31. The third-order valence-corrected chi connectivity index (χ3v) is 3.11. The zero-order valence-corrected chi connectivity index (χ0v) is 11.1. The minimum Gasteiger partial charge on any atom is -0.497 e. The number of anilines is 1. The third kappa shape index (κ3) is 3.20. The Balaban J connectivity index is 2.00. The summed E-state index contributed by atoms with van der Waals surface area (Å²) in [6.45, 7) is 0.688. The highest BCUT2D eigenvalue weighted by Crippen LogP contribution is 2.18. The van der Waals surface area contributed by atoms with E-state index in [0.717, 1.165) is 21.6 Å². The summed E-state index contributed by atoms with van der Waals surface area (Å²) in [6.07, 6.45) is 1.79. The van der Waals surface area contributed by atoms with Gasteiger partial charge in [-0.25, -0.2) is 0 Å². The number of nitrogens with one attached hydrogen (secondary N) is 1. The van der Waals surface area contributed by atoms with Gasteiger partial charge in [0, 0.05) is 16.4 Å². The van der Waals surface area contributed by atoms with Gasteiger partial charge in [0.1, 0.15) is 5.75 Å². The van der Waals surface area contributed by atoms with Gasteiger partial charge in [0.25, 0.3) is 0 Å². The average Bonchev–Trinajstić information content (AvgIpc) is 2.38. The number of aromatic nitrogens is 1. The van der Waals surface area contributed by atoms with E-state index < -0.39 is 0 Å². The number of nitrogens with zero attached hydrogens (tertiary/aromatic N) is 1. The van der Waals surface area contributed by atoms with Gasteiger partial charge in [0.05, 0.1) is 19.3 Å². The molecule has 2 aromatic rings. The maximum atomic E-state index is 5.10. The minimum atomic E-state index is 0.688. The fraction of sp³-hybridized carbons (Fsp3) is 0.154. The molecule has 0 bridgehead atoms. The summed E-state index contributed by atoms with van der Waals surface area (Å²) in [7, 11) is 1.66. The molecule has 1 N–H and O–H groups in total. The average molecular weight is 293 g/mol. The minimum absolute atomic E-state index is 0.688. The topological polar surface area (TPSA) is 34.1 Å². The smallest absolute Gasteiger partial charge is 0.119 e. The molecule has 0 spiro atoms. The lowest BCUT2D eigenvalue weighted by Crippen LogP contribution is -2.02. The molecule has 1 heterocycles. The predicted molar refractivity (Wildman–Crippen MR) is 72.3 cm³/mol. The van der Waals surface area contributed by atoms with Crippen molar-refractivity contribution in [3.8, 4) is 5.75 Å². The Labute approximate surface area is 109 Å². The molecule has 17 heavy (non-hydrogen) atoms. The SMILES string of the molecule is COc1ccc(NCc2ncccc2Br)cc1. The van der Waals surface area contributed by atoms with Gasteiger partial charge in [0.2, 0.25) is 0 Å². The number of ether oxygens (including phenoxy) is 1. The number of methoxy groups -OCH3 is 1. The first kappa shape index (κ1) is 11.9. The Kier molecular flexibility index (Phi) is 3.98. The Hall–Kier alpha value is -1.55. The van der Waals surface area contributed by atoms with Crippen LogP contribution in [0.5, 0.6) is 5.75 Å². The molecule has 4 heteroatoms. The quantitative estimate of drug-likeness (QED) is 0.937. The highest BCUT2D eigenvalue weighted by molar-refractivity contribution is 9.10. The molecule has 0 aliphatic rings. The Morgan fingerprint density at radius 3 is 2.65 bits per heavy atom. The van der Waals surface area contributed by atoms with Crippen LogP contribution in [0.2, 0.25) is 0 Å². The number of pyridine rings is 1. The maximum Gasteiger partial charge on any atom is 0.119 e. The zero-order valence-electron chi connectivity index (χ0n) is 9.48. The molecule has 3 nitrogen and oxygen atoms in total. The van der Waals surface area contributed by atoms with E-state index in [9.17, 15) is 0 Å². The second-order valence-electron chi connectivity index (χ2n) is 3.51. The van der Waals surface area contributed by atoms with E-state index in [1.54, 1.807) is 13.3 Å². The molecule has 88 valence electrons. The van der Waals surface area contributed by atoms with Crippen LogP contribution in [0.1, 0.15) is 5.69 Å². The molecule has 1 aromatic heterocycles. The van der Waals surface area contributed by atoms with Crippen molar-refractivity contribution in [1.82, 2.24) is 4.98 Å². The van der Waals surface area contributed by atoms with Crippen molar-refractivity contribution in [3.63, 3.8) is 0 Å². The largest absolute Gasteiger partial charge is 0.497 e. The predicted octanol–water partition coefficient (Wildman–Crippen LogP) is 3.46. The Morgan fingerprint density at radius 1 is 1.24 bits per heavy atom. The third-order valence-electron chi connectivity index (χ3n) is 2.38. The van der Waals surface area contributed by atoms with E-state index in [1.807, 2.05) is 36.4 Å². The first-order chi connectivity index (χ1) is 8.29. The molecule has 0 aliphatic carbocycles. The second-order valence-corrected chi connectivity index (χ2v) is 4.37. The molecule has 0 unspecified atom stereocenters. The van der Waals surface area contributed by atoms with Gasteiger partial charge in [-0.3, -0.25) is 4.98 Å². The van der Waals surface area contributed by atoms with Crippen molar-refractivity contribution < 1.29 is 4.74 Å². The lowest BCUT2D eigenvalue weighted by molar-refractivity contribution is 0.415. The molecule has 1 aromatic carbocycles. The van der Waals surface area contributed by atoms with E-state index >= 15 is 0 Å². The number of benzene rings is 1. The number of hydrogen-bond acceptors (Lipinski definition) is 3. The van der Waals surface area contributed by atoms with Gasteiger partial charge < -0.3 is 10.1 Å². The van der Waals surface area contributed by atoms with Crippen molar-refractivity contribution in [3.05, 3.63) is 52.8 Å². The molecular weight excluding hydrogens is 280 g/mol. The van der Waals surface area contributed by atoms with E-state index in [1.165, 1.54) is 0 Å². The monoisotopic (exact) mass is 292 g/mol. The van der Waals surface area contributed by atoms with Crippen LogP contribution in [-0.2, 0) is 6.54 Å². The summed E-state index contributed by atoms with van der Waals surface area (Å²) < 4.78 is 6.12. The molecule has 2 rings (SSSR count). The fourth-order valence-corrected chi connectivity index (χ4v) is 1.84. The molecule has 0 radical (unpaired) electrons. The molecule has 0 fully saturated rings. The van der Waals surface area contributed by atoms with Gasteiger partial charge >= 0.3 is 0 Å².